The van der Waals surface area contributed by atoms with E-state index >= 15 is 0 Å². The first kappa shape index (κ1) is 13.5. The van der Waals surface area contributed by atoms with E-state index in [0.717, 1.165) is 16.7 Å². The van der Waals surface area contributed by atoms with Gasteiger partial charge in [-0.25, -0.2) is 0 Å². The summed E-state index contributed by atoms with van der Waals surface area (Å²) in [6.07, 6.45) is 0.488. The summed E-state index contributed by atoms with van der Waals surface area (Å²) in [7, 11) is 1.93. The Kier molecular flexibility index (Phi) is 4.37. The van der Waals surface area contributed by atoms with Crippen LogP contribution in [0.2, 0.25) is 0 Å². The molecular weight excluding hydrogens is 296 g/mol. The van der Waals surface area contributed by atoms with Gasteiger partial charge in [0.05, 0.1) is 6.04 Å². The first-order valence-electron chi connectivity index (χ1n) is 6.01. The Hall–Kier alpha value is -0.910. The Bertz CT molecular complexity index is 422. The number of carbonyl (C=O) groups excluding carboxylic acids is 1. The molecule has 2 rings (SSSR count). The molecule has 0 bridgehead atoms. The van der Waals surface area contributed by atoms with Crippen molar-refractivity contribution in [3.05, 3.63) is 28.7 Å². The molecule has 1 amide bonds. The average molecular weight is 313 g/mol. The number of halogens is 1. The summed E-state index contributed by atoms with van der Waals surface area (Å²) in [5.41, 5.74) is 0.916. The van der Waals surface area contributed by atoms with Gasteiger partial charge in [-0.05, 0) is 37.7 Å². The van der Waals surface area contributed by atoms with Crippen LogP contribution in [0.3, 0.4) is 0 Å². The number of aliphatic hydroxyl groups excluding tert-OH is 1. The molecule has 0 aliphatic carbocycles. The molecule has 5 heteroatoms. The van der Waals surface area contributed by atoms with E-state index < -0.39 is 0 Å². The third-order valence-corrected chi connectivity index (χ3v) is 3.83. The van der Waals surface area contributed by atoms with Gasteiger partial charge in [-0.2, -0.15) is 0 Å². The lowest BCUT2D eigenvalue weighted by atomic mass is 10.1. The molecule has 1 N–H and O–H groups in total. The van der Waals surface area contributed by atoms with E-state index in [9.17, 15) is 4.79 Å². The molecule has 1 atom stereocenters. The van der Waals surface area contributed by atoms with Crippen molar-refractivity contribution in [3.8, 4) is 0 Å². The van der Waals surface area contributed by atoms with E-state index in [1.165, 1.54) is 0 Å². The fourth-order valence-electron chi connectivity index (χ4n) is 2.24. The van der Waals surface area contributed by atoms with E-state index in [-0.39, 0.29) is 18.6 Å². The summed E-state index contributed by atoms with van der Waals surface area (Å²) in [6, 6.07) is 7.52. The minimum absolute atomic E-state index is 0.0366. The van der Waals surface area contributed by atoms with E-state index in [4.69, 9.17) is 5.11 Å². The number of hydrogen-bond acceptors (Lipinski definition) is 3. The van der Waals surface area contributed by atoms with Crippen LogP contribution >= 0.6 is 15.9 Å². The number of likely N-dealkylation sites (N-methyl/N-ethyl adjacent to an activating group) is 1. The van der Waals surface area contributed by atoms with Crippen LogP contribution < -0.4 is 4.90 Å². The molecule has 1 heterocycles. The molecular formula is C13H17BrN2O2. The maximum absolute atomic E-state index is 12.4. The number of piperazine rings is 1. The SMILES string of the molecule is CN1CCN(c2ccc(Br)cc2)C(=O)C1CCO. The third kappa shape index (κ3) is 2.74. The van der Waals surface area contributed by atoms with Crippen LogP contribution in [-0.4, -0.2) is 48.7 Å². The number of anilines is 1. The number of benzene rings is 1. The van der Waals surface area contributed by atoms with Crippen LogP contribution in [0.5, 0.6) is 0 Å². The smallest absolute Gasteiger partial charge is 0.244 e. The third-order valence-electron chi connectivity index (χ3n) is 3.30. The predicted octanol–water partition coefficient (Wildman–Crippen LogP) is 1.48. The Morgan fingerprint density at radius 2 is 2.00 bits per heavy atom. The number of amides is 1. The molecule has 1 aliphatic heterocycles. The highest BCUT2D eigenvalue weighted by Crippen LogP contribution is 2.22. The molecule has 18 heavy (non-hydrogen) atoms. The highest BCUT2D eigenvalue weighted by molar-refractivity contribution is 9.10. The molecule has 0 spiro atoms. The quantitative estimate of drug-likeness (QED) is 0.919. The number of nitrogens with zero attached hydrogens (tertiary/aromatic N) is 2. The number of rotatable bonds is 3. The second kappa shape index (κ2) is 5.82. The van der Waals surface area contributed by atoms with E-state index in [1.54, 1.807) is 4.90 Å². The van der Waals surface area contributed by atoms with Gasteiger partial charge in [0, 0.05) is 29.9 Å². The van der Waals surface area contributed by atoms with Gasteiger partial charge in [-0.15, -0.1) is 0 Å². The average Bonchev–Trinajstić information content (AvgIpc) is 2.36. The zero-order valence-electron chi connectivity index (χ0n) is 10.3. The highest BCUT2D eigenvalue weighted by Gasteiger charge is 2.32. The highest BCUT2D eigenvalue weighted by atomic mass is 79.9. The molecule has 1 aromatic carbocycles. The summed E-state index contributed by atoms with van der Waals surface area (Å²) >= 11 is 3.39. The Labute approximate surface area is 115 Å². The van der Waals surface area contributed by atoms with Crippen molar-refractivity contribution in [3.63, 3.8) is 0 Å². The lowest BCUT2D eigenvalue weighted by molar-refractivity contribution is -0.125. The van der Waals surface area contributed by atoms with E-state index in [0.29, 0.717) is 13.0 Å². The number of hydrogen-bond donors (Lipinski definition) is 1. The largest absolute Gasteiger partial charge is 0.396 e. The first-order valence-corrected chi connectivity index (χ1v) is 6.81. The number of aliphatic hydroxyl groups is 1. The van der Waals surface area contributed by atoms with Crippen molar-refractivity contribution in [1.29, 1.82) is 0 Å². The number of carbonyl (C=O) groups is 1. The second-order valence-electron chi connectivity index (χ2n) is 4.47. The molecule has 1 aromatic rings. The summed E-state index contributed by atoms with van der Waals surface area (Å²) in [5, 5.41) is 9.04. The molecule has 1 saturated heterocycles. The first-order chi connectivity index (χ1) is 8.63. The molecule has 0 radical (unpaired) electrons. The topological polar surface area (TPSA) is 43.8 Å². The normalized spacial score (nSPS) is 21.4. The predicted molar refractivity (Wildman–Crippen MR) is 74.6 cm³/mol. The van der Waals surface area contributed by atoms with Gasteiger partial charge in [0.25, 0.3) is 0 Å². The molecule has 1 unspecified atom stereocenters. The van der Waals surface area contributed by atoms with Gasteiger partial charge >= 0.3 is 0 Å². The van der Waals surface area contributed by atoms with Crippen molar-refractivity contribution >= 4 is 27.5 Å². The van der Waals surface area contributed by atoms with Crippen LogP contribution in [0.1, 0.15) is 6.42 Å². The molecule has 1 aliphatic rings. The van der Waals surface area contributed by atoms with Gasteiger partial charge in [0.15, 0.2) is 0 Å². The zero-order valence-corrected chi connectivity index (χ0v) is 11.9. The van der Waals surface area contributed by atoms with Gasteiger partial charge in [0.2, 0.25) is 5.91 Å². The molecule has 0 aromatic heterocycles. The van der Waals surface area contributed by atoms with Crippen LogP contribution in [-0.2, 0) is 4.79 Å². The maximum atomic E-state index is 12.4. The van der Waals surface area contributed by atoms with Crippen molar-refractivity contribution in [1.82, 2.24) is 4.90 Å². The standard InChI is InChI=1S/C13H17BrN2O2/c1-15-7-8-16(13(18)12(15)6-9-17)11-4-2-10(14)3-5-11/h2-5,12,17H,6-9H2,1H3. The summed E-state index contributed by atoms with van der Waals surface area (Å²) < 4.78 is 1.000. The molecule has 4 nitrogen and oxygen atoms in total. The van der Waals surface area contributed by atoms with Gasteiger partial charge in [0.1, 0.15) is 0 Å². The summed E-state index contributed by atoms with van der Waals surface area (Å²) in [5.74, 6) is 0.0696. The van der Waals surface area contributed by atoms with Crippen LogP contribution in [0, 0.1) is 0 Å². The molecule has 98 valence electrons. The Balaban J connectivity index is 2.18. The van der Waals surface area contributed by atoms with E-state index in [2.05, 4.69) is 15.9 Å². The second-order valence-corrected chi connectivity index (χ2v) is 5.39. The van der Waals surface area contributed by atoms with Gasteiger partial charge in [-0.1, -0.05) is 15.9 Å². The molecule has 0 saturated carbocycles. The van der Waals surface area contributed by atoms with Crippen molar-refractivity contribution in [2.45, 2.75) is 12.5 Å². The van der Waals surface area contributed by atoms with Crippen LogP contribution in [0.4, 0.5) is 5.69 Å². The minimum atomic E-state index is -0.215. The minimum Gasteiger partial charge on any atom is -0.396 e. The molecule has 1 fully saturated rings. The van der Waals surface area contributed by atoms with Crippen molar-refractivity contribution in [2.75, 3.05) is 31.6 Å². The fraction of sp³-hybridized carbons (Fsp3) is 0.462. The lowest BCUT2D eigenvalue weighted by Gasteiger charge is -2.38. The van der Waals surface area contributed by atoms with Crippen LogP contribution in [0.25, 0.3) is 0 Å². The maximum Gasteiger partial charge on any atom is 0.244 e. The summed E-state index contributed by atoms with van der Waals surface area (Å²) in [6.45, 7) is 1.56. The van der Waals surface area contributed by atoms with Crippen molar-refractivity contribution < 1.29 is 9.90 Å². The lowest BCUT2D eigenvalue weighted by Crippen LogP contribution is -2.56. The fourth-order valence-corrected chi connectivity index (χ4v) is 2.50. The monoisotopic (exact) mass is 312 g/mol. The van der Waals surface area contributed by atoms with Crippen LogP contribution in [0.15, 0.2) is 28.7 Å². The Morgan fingerprint density at radius 3 is 2.61 bits per heavy atom. The Morgan fingerprint density at radius 1 is 1.33 bits per heavy atom. The zero-order chi connectivity index (χ0) is 13.1. The van der Waals surface area contributed by atoms with Gasteiger partial charge in [-0.3, -0.25) is 9.69 Å². The van der Waals surface area contributed by atoms with Gasteiger partial charge < -0.3 is 10.0 Å². The summed E-state index contributed by atoms with van der Waals surface area (Å²) in [4.78, 5) is 16.2. The van der Waals surface area contributed by atoms with Crippen molar-refractivity contribution in [2.24, 2.45) is 0 Å². The van der Waals surface area contributed by atoms with E-state index in [1.807, 2.05) is 36.2 Å².